The van der Waals surface area contributed by atoms with Crippen LogP contribution in [0.4, 0.5) is 22.7 Å². The highest BCUT2D eigenvalue weighted by molar-refractivity contribution is 5.61. The minimum absolute atomic E-state index is 0.400. The first-order valence-corrected chi connectivity index (χ1v) is 35.1. The number of ether oxygens (including phenoxy) is 4. The van der Waals surface area contributed by atoms with E-state index < -0.39 is 0 Å². The monoisotopic (exact) mass is 1160 g/mol. The number of anilines is 4. The van der Waals surface area contributed by atoms with Gasteiger partial charge in [0, 0.05) is 11.4 Å². The third-order valence-electron chi connectivity index (χ3n) is 27.1. The van der Waals surface area contributed by atoms with Gasteiger partial charge < -0.3 is 41.9 Å². The molecule has 8 heteroatoms. The predicted octanol–water partition coefficient (Wildman–Crippen LogP) is 19.1. The van der Waals surface area contributed by atoms with Gasteiger partial charge in [-0.15, -0.1) is 0 Å². The maximum Gasteiger partial charge on any atom is 0.142 e. The molecule has 14 unspecified atom stereocenters. The smallest absolute Gasteiger partial charge is 0.142 e. The molecule has 8 saturated carbocycles. The van der Waals surface area contributed by atoms with Gasteiger partial charge in [-0.05, 0) is 280 Å². The summed E-state index contributed by atoms with van der Waals surface area (Å²) in [4.78, 5) is 0. The molecular weight excluding hydrogens is 1030 g/mol. The molecule has 20 atom stereocenters. The highest BCUT2D eigenvalue weighted by atomic mass is 16.5. The molecule has 10 rings (SSSR count). The van der Waals surface area contributed by atoms with Crippen LogP contribution in [0.3, 0.4) is 0 Å². The predicted molar refractivity (Wildman–Crippen MR) is 355 cm³/mol. The Morgan fingerprint density at radius 3 is 1.18 bits per heavy atom. The molecule has 0 radical (unpaired) electrons. The second-order valence-electron chi connectivity index (χ2n) is 31.9. The zero-order chi connectivity index (χ0) is 60.1. The average molecular weight is 1160 g/mol. The zero-order valence-electron chi connectivity index (χ0n) is 55.5. The molecule has 0 aliphatic heterocycles. The molecule has 0 aromatic heterocycles. The Hall–Kier alpha value is -3.36. The highest BCUT2D eigenvalue weighted by Gasteiger charge is 2.62. The van der Waals surface area contributed by atoms with E-state index in [4.69, 9.17) is 41.9 Å². The molecule has 0 bridgehead atoms. The van der Waals surface area contributed by atoms with Crippen LogP contribution in [-0.4, -0.2) is 38.6 Å². The van der Waals surface area contributed by atoms with Crippen LogP contribution in [-0.2, 0) is 9.47 Å². The van der Waals surface area contributed by atoms with Crippen LogP contribution < -0.4 is 32.4 Å². The molecule has 8 aliphatic carbocycles. The number of hydrogen-bond donors (Lipinski definition) is 4. The van der Waals surface area contributed by atoms with Crippen molar-refractivity contribution < 1.29 is 18.9 Å². The van der Waals surface area contributed by atoms with Crippen LogP contribution in [0.1, 0.15) is 224 Å². The summed E-state index contributed by atoms with van der Waals surface area (Å²) in [5.41, 5.74) is 28.2. The molecule has 2 aromatic rings. The molecule has 8 N–H and O–H groups in total. The number of fused-ring (bicyclic) bond motifs is 10. The van der Waals surface area contributed by atoms with Crippen molar-refractivity contribution in [2.24, 2.45) is 116 Å². The first-order chi connectivity index (χ1) is 40.0. The lowest BCUT2D eigenvalue weighted by atomic mass is 9.44. The van der Waals surface area contributed by atoms with Crippen LogP contribution >= 0.6 is 0 Å². The third kappa shape index (κ3) is 14.2. The molecule has 472 valence electrons. The molecule has 0 heterocycles. The molecule has 2 aromatic carbocycles. The van der Waals surface area contributed by atoms with E-state index in [1.165, 1.54) is 141 Å². The van der Waals surface area contributed by atoms with Gasteiger partial charge in [0.1, 0.15) is 24.7 Å². The number of nitrogen functional groups attached to an aromatic ring is 4. The molecule has 84 heavy (non-hydrogen) atoms. The maximum absolute atomic E-state index is 6.40. The van der Waals surface area contributed by atoms with Crippen molar-refractivity contribution >= 4 is 22.7 Å². The summed E-state index contributed by atoms with van der Waals surface area (Å²) >= 11 is 0. The Bertz CT molecular complexity index is 2310. The van der Waals surface area contributed by atoms with E-state index in [2.05, 4.69) is 95.2 Å². The molecule has 8 aliphatic rings. The van der Waals surface area contributed by atoms with Crippen molar-refractivity contribution in [3.8, 4) is 11.5 Å². The van der Waals surface area contributed by atoms with E-state index in [0.717, 1.165) is 94.7 Å². The zero-order valence-corrected chi connectivity index (χ0v) is 55.5. The van der Waals surface area contributed by atoms with E-state index in [0.29, 0.717) is 94.5 Å². The van der Waals surface area contributed by atoms with Crippen molar-refractivity contribution in [1.29, 1.82) is 0 Å². The molecule has 8 nitrogen and oxygen atoms in total. The first-order valence-electron chi connectivity index (χ1n) is 35.1. The highest BCUT2D eigenvalue weighted by Crippen LogP contribution is 2.70. The summed E-state index contributed by atoms with van der Waals surface area (Å²) in [7, 11) is 0. The Morgan fingerprint density at radius 2 is 0.798 bits per heavy atom. The number of rotatable bonds is 22. The van der Waals surface area contributed by atoms with Gasteiger partial charge in [0.15, 0.2) is 0 Å². The van der Waals surface area contributed by atoms with Gasteiger partial charge >= 0.3 is 0 Å². The maximum atomic E-state index is 6.40. The fraction of sp³-hybridized carbons (Fsp3) is 0.789. The second kappa shape index (κ2) is 28.0. The minimum atomic E-state index is 0.400. The van der Waals surface area contributed by atoms with Gasteiger partial charge in [0.2, 0.25) is 0 Å². The van der Waals surface area contributed by atoms with Gasteiger partial charge in [0.05, 0.1) is 36.8 Å². The van der Waals surface area contributed by atoms with Crippen molar-refractivity contribution in [2.75, 3.05) is 49.4 Å². The van der Waals surface area contributed by atoms with E-state index >= 15 is 0 Å². The standard InChI is InChI=1S/2C38H62N2O2/c2*1-25(2)26(3)9-10-27(4)32-14-15-33-31-13-11-28-23-30(17-19-37(28,5)34(31)18-20-38(32,33)6)41-21-7-8-22-42-36-16-12-29(39)24-35(36)40/h2*7-8,12,16,24-28,30-34H,9-11,13-15,17-23,39-40H2,1-6H3/b2*8-7+/t26-,27?,28?,30?,31?,32?,33?,34?,37+,38+;26-,27?,28?,30?,31?,32?,33?,34?,37-,38+/m00/s1. The van der Waals surface area contributed by atoms with Gasteiger partial charge in [-0.1, -0.05) is 121 Å². The molecule has 0 amide bonds. The topological polar surface area (TPSA) is 141 Å². The van der Waals surface area contributed by atoms with Crippen LogP contribution in [0.2, 0.25) is 0 Å². The lowest BCUT2D eigenvalue weighted by Crippen LogP contribution is -2.54. The number of hydrogen-bond acceptors (Lipinski definition) is 8. The summed E-state index contributed by atoms with van der Waals surface area (Å²) in [6.07, 6.45) is 40.1. The summed E-state index contributed by atoms with van der Waals surface area (Å²) in [6, 6.07) is 10.8. The third-order valence-corrected chi connectivity index (χ3v) is 27.1. The molecule has 0 saturated heterocycles. The van der Waals surface area contributed by atoms with E-state index in [1.54, 1.807) is 12.1 Å². The van der Waals surface area contributed by atoms with Crippen LogP contribution in [0, 0.1) is 116 Å². The van der Waals surface area contributed by atoms with Gasteiger partial charge in [0.25, 0.3) is 0 Å². The van der Waals surface area contributed by atoms with Gasteiger partial charge in [-0.2, -0.15) is 0 Å². The Morgan fingerprint density at radius 1 is 0.429 bits per heavy atom. The second-order valence-corrected chi connectivity index (χ2v) is 31.9. The van der Waals surface area contributed by atoms with Crippen molar-refractivity contribution in [3.05, 3.63) is 60.7 Å². The fourth-order valence-electron chi connectivity index (χ4n) is 21.1. The lowest BCUT2D eigenvalue weighted by molar-refractivity contribution is -0.135. The minimum Gasteiger partial charge on any atom is -0.487 e. The SMILES string of the molecule is CC(CC[C@H](C)C(C)C)C1CCC2C3CCC4CC(OC/C=C/COc5ccc(N)cc5N)CC[C@@]4(C)C3CC[C@]12C.CC(CC[C@H](C)C(C)C)C1CCC2C3CCC4CC(OC/C=C/COc5ccc(N)cc5N)CC[C@]4(C)C3CC[C@]12C. The Kier molecular flexibility index (Phi) is 21.7. The largest absolute Gasteiger partial charge is 0.487 e. The van der Waals surface area contributed by atoms with E-state index in [1.807, 2.05) is 36.4 Å². The number of benzene rings is 2. The molecular formula is C76H124N4O4. The van der Waals surface area contributed by atoms with Crippen LogP contribution in [0.5, 0.6) is 11.5 Å². The molecule has 0 spiro atoms. The quantitative estimate of drug-likeness (QED) is 0.0675. The van der Waals surface area contributed by atoms with Crippen LogP contribution in [0.15, 0.2) is 60.7 Å². The summed E-state index contributed by atoms with van der Waals surface area (Å²) in [5.74, 6) is 15.7. The average Bonchev–Trinajstić information content (AvgIpc) is 1.42. The Labute approximate surface area is 513 Å². The number of nitrogens with two attached hydrogens (primary N) is 4. The van der Waals surface area contributed by atoms with Crippen molar-refractivity contribution in [2.45, 2.75) is 237 Å². The summed E-state index contributed by atoms with van der Waals surface area (Å²) in [6.45, 7) is 32.9. The lowest BCUT2D eigenvalue weighted by Gasteiger charge is -2.61. The summed E-state index contributed by atoms with van der Waals surface area (Å²) in [5, 5.41) is 0. The normalized spacial score (nSPS) is 37.7. The van der Waals surface area contributed by atoms with Gasteiger partial charge in [-0.25, -0.2) is 0 Å². The summed E-state index contributed by atoms with van der Waals surface area (Å²) < 4.78 is 24.4. The fourth-order valence-corrected chi connectivity index (χ4v) is 21.1. The van der Waals surface area contributed by atoms with Gasteiger partial charge in [-0.3, -0.25) is 0 Å². The van der Waals surface area contributed by atoms with Crippen LogP contribution in [0.25, 0.3) is 0 Å². The Balaban J connectivity index is 0.000000202. The molecule has 8 fully saturated rings. The van der Waals surface area contributed by atoms with Crippen molar-refractivity contribution in [1.82, 2.24) is 0 Å². The first kappa shape index (κ1) is 65.1. The van der Waals surface area contributed by atoms with Crippen molar-refractivity contribution in [3.63, 3.8) is 0 Å². The van der Waals surface area contributed by atoms with E-state index in [9.17, 15) is 0 Å². The van der Waals surface area contributed by atoms with E-state index in [-0.39, 0.29) is 0 Å².